The molecule has 2 saturated heterocycles. The number of fused-ring (bicyclic) bond motifs is 1. The van der Waals surface area contributed by atoms with Crippen LogP contribution in [0, 0.1) is 0 Å². The lowest BCUT2D eigenvalue weighted by molar-refractivity contribution is 0.0708. The van der Waals surface area contributed by atoms with Gasteiger partial charge in [-0.2, -0.15) is 0 Å². The topological polar surface area (TPSA) is 23.5 Å². The molecule has 2 aliphatic heterocycles. The van der Waals surface area contributed by atoms with E-state index in [1.165, 1.54) is 0 Å². The van der Waals surface area contributed by atoms with E-state index in [0.717, 1.165) is 32.2 Å². The minimum atomic E-state index is -0.248. The number of aliphatic hydroxyl groups is 1. The first-order valence-electron chi connectivity index (χ1n) is 4.76. The second-order valence-electron chi connectivity index (χ2n) is 4.03. The zero-order valence-electron chi connectivity index (χ0n) is 7.30. The van der Waals surface area contributed by atoms with Gasteiger partial charge in [-0.1, -0.05) is 0 Å². The summed E-state index contributed by atoms with van der Waals surface area (Å²) in [4.78, 5) is 2.19. The Morgan fingerprint density at radius 3 is 3.00 bits per heavy atom. The molecule has 2 nitrogen and oxygen atoms in total. The summed E-state index contributed by atoms with van der Waals surface area (Å²) < 4.78 is 12.5. The Hall–Kier alpha value is -0.150. The van der Waals surface area contributed by atoms with E-state index in [2.05, 4.69) is 4.90 Å². The van der Waals surface area contributed by atoms with Crippen molar-refractivity contribution >= 4 is 0 Å². The third kappa shape index (κ3) is 0.995. The normalized spacial score (nSPS) is 42.0. The van der Waals surface area contributed by atoms with Gasteiger partial charge in [0.2, 0.25) is 0 Å². The molecule has 1 N–H and O–H groups in total. The van der Waals surface area contributed by atoms with Crippen LogP contribution in [0.1, 0.15) is 25.7 Å². The van der Waals surface area contributed by atoms with Crippen LogP contribution in [0.5, 0.6) is 0 Å². The van der Waals surface area contributed by atoms with Crippen molar-refractivity contribution < 1.29 is 9.50 Å². The smallest absolute Gasteiger partial charge is 0.105 e. The van der Waals surface area contributed by atoms with Crippen molar-refractivity contribution in [1.82, 2.24) is 4.90 Å². The fourth-order valence-electron chi connectivity index (χ4n) is 2.80. The molecule has 0 amide bonds. The van der Waals surface area contributed by atoms with Crippen molar-refractivity contribution in [3.8, 4) is 0 Å². The summed E-state index contributed by atoms with van der Waals surface area (Å²) >= 11 is 0. The van der Waals surface area contributed by atoms with E-state index in [9.17, 15) is 9.50 Å². The highest BCUT2D eigenvalue weighted by Crippen LogP contribution is 2.41. The molecule has 0 saturated carbocycles. The molecule has 12 heavy (non-hydrogen) atoms. The zero-order valence-corrected chi connectivity index (χ0v) is 7.30. The summed E-state index contributed by atoms with van der Waals surface area (Å²) in [7, 11) is 0. The highest BCUT2D eigenvalue weighted by atomic mass is 19.1. The maximum absolute atomic E-state index is 12.5. The second-order valence-corrected chi connectivity index (χ2v) is 4.03. The lowest BCUT2D eigenvalue weighted by Gasteiger charge is -2.32. The van der Waals surface area contributed by atoms with Crippen LogP contribution in [0.4, 0.5) is 4.39 Å². The van der Waals surface area contributed by atoms with Crippen molar-refractivity contribution in [2.75, 3.05) is 19.8 Å². The van der Waals surface area contributed by atoms with E-state index < -0.39 is 0 Å². The maximum Gasteiger partial charge on any atom is 0.105 e. The zero-order chi connectivity index (χ0) is 8.60. The Labute approximate surface area is 72.4 Å². The number of hydrogen-bond donors (Lipinski definition) is 1. The van der Waals surface area contributed by atoms with Gasteiger partial charge in [0.1, 0.15) is 6.67 Å². The molecular formula is C9H16FNO. The summed E-state index contributed by atoms with van der Waals surface area (Å²) in [5.41, 5.74) is -0.0310. The Bertz CT molecular complexity index is 176. The predicted molar refractivity (Wildman–Crippen MR) is 44.8 cm³/mol. The molecule has 0 radical (unpaired) electrons. The van der Waals surface area contributed by atoms with Crippen LogP contribution in [0.3, 0.4) is 0 Å². The molecule has 2 heterocycles. The molecular weight excluding hydrogens is 157 g/mol. The molecule has 70 valence electrons. The largest absolute Gasteiger partial charge is 0.394 e. The predicted octanol–water partition coefficient (Wildman–Crippen LogP) is 0.945. The van der Waals surface area contributed by atoms with Crippen LogP contribution in [-0.2, 0) is 0 Å². The van der Waals surface area contributed by atoms with Crippen molar-refractivity contribution in [1.29, 1.82) is 0 Å². The van der Waals surface area contributed by atoms with Gasteiger partial charge in [-0.25, -0.2) is 4.39 Å². The van der Waals surface area contributed by atoms with Gasteiger partial charge >= 0.3 is 0 Å². The quantitative estimate of drug-likeness (QED) is 0.672. The van der Waals surface area contributed by atoms with Crippen molar-refractivity contribution in [3.05, 3.63) is 0 Å². The van der Waals surface area contributed by atoms with Crippen molar-refractivity contribution in [2.24, 2.45) is 0 Å². The SMILES string of the molecule is OC[C@@]12CCCN1[C@@H](CF)CC2. The second kappa shape index (κ2) is 2.96. The number of alkyl halides is 1. The Balaban J connectivity index is 2.14. The van der Waals surface area contributed by atoms with Crippen molar-refractivity contribution in [3.63, 3.8) is 0 Å². The molecule has 2 atom stereocenters. The molecule has 2 fully saturated rings. The van der Waals surface area contributed by atoms with Gasteiger partial charge < -0.3 is 5.11 Å². The summed E-state index contributed by atoms with van der Waals surface area (Å²) in [5.74, 6) is 0. The van der Waals surface area contributed by atoms with Crippen LogP contribution < -0.4 is 0 Å². The van der Waals surface area contributed by atoms with Gasteiger partial charge in [-0.15, -0.1) is 0 Å². The molecule has 0 aromatic heterocycles. The Kier molecular flexibility index (Phi) is 2.09. The summed E-state index contributed by atoms with van der Waals surface area (Å²) in [5, 5.41) is 9.28. The van der Waals surface area contributed by atoms with E-state index in [1.54, 1.807) is 0 Å². The number of rotatable bonds is 2. The average Bonchev–Trinajstić information content (AvgIpc) is 2.61. The molecule has 2 rings (SSSR count). The van der Waals surface area contributed by atoms with E-state index in [4.69, 9.17) is 0 Å². The van der Waals surface area contributed by atoms with E-state index >= 15 is 0 Å². The van der Waals surface area contributed by atoms with Gasteiger partial charge in [0.15, 0.2) is 0 Å². The maximum atomic E-state index is 12.5. The lowest BCUT2D eigenvalue weighted by Crippen LogP contribution is -2.45. The fourth-order valence-corrected chi connectivity index (χ4v) is 2.80. The van der Waals surface area contributed by atoms with Crippen LogP contribution in [-0.4, -0.2) is 41.4 Å². The molecule has 0 spiro atoms. The highest BCUT2D eigenvalue weighted by molar-refractivity contribution is 5.03. The van der Waals surface area contributed by atoms with E-state index in [-0.39, 0.29) is 24.9 Å². The monoisotopic (exact) mass is 173 g/mol. The highest BCUT2D eigenvalue weighted by Gasteiger charge is 2.48. The van der Waals surface area contributed by atoms with Gasteiger partial charge in [-0.3, -0.25) is 4.90 Å². The third-order valence-electron chi connectivity index (χ3n) is 3.51. The molecule has 0 aromatic rings. The average molecular weight is 173 g/mol. The van der Waals surface area contributed by atoms with Gasteiger partial charge in [0.05, 0.1) is 6.61 Å². The molecule has 0 bridgehead atoms. The third-order valence-corrected chi connectivity index (χ3v) is 3.51. The minimum Gasteiger partial charge on any atom is -0.394 e. The molecule has 2 aliphatic rings. The van der Waals surface area contributed by atoms with Gasteiger partial charge in [0.25, 0.3) is 0 Å². The Morgan fingerprint density at radius 2 is 2.33 bits per heavy atom. The van der Waals surface area contributed by atoms with Gasteiger partial charge in [-0.05, 0) is 32.2 Å². The first kappa shape index (κ1) is 8.45. The fraction of sp³-hybridized carbons (Fsp3) is 1.00. The first-order valence-corrected chi connectivity index (χ1v) is 4.76. The molecule has 0 aliphatic carbocycles. The van der Waals surface area contributed by atoms with Crippen LogP contribution >= 0.6 is 0 Å². The summed E-state index contributed by atoms with van der Waals surface area (Å²) in [6.45, 7) is 0.945. The molecule has 3 heteroatoms. The van der Waals surface area contributed by atoms with Gasteiger partial charge in [0, 0.05) is 11.6 Å². The van der Waals surface area contributed by atoms with Crippen LogP contribution in [0.25, 0.3) is 0 Å². The Morgan fingerprint density at radius 1 is 1.50 bits per heavy atom. The number of aliphatic hydroxyl groups excluding tert-OH is 1. The van der Waals surface area contributed by atoms with Crippen LogP contribution in [0.2, 0.25) is 0 Å². The van der Waals surface area contributed by atoms with Crippen molar-refractivity contribution in [2.45, 2.75) is 37.3 Å². The molecule has 0 aromatic carbocycles. The minimum absolute atomic E-state index is 0.0310. The van der Waals surface area contributed by atoms with E-state index in [0.29, 0.717) is 0 Å². The summed E-state index contributed by atoms with van der Waals surface area (Å²) in [6.07, 6.45) is 4.09. The van der Waals surface area contributed by atoms with Crippen LogP contribution in [0.15, 0.2) is 0 Å². The molecule has 0 unspecified atom stereocenters. The number of hydrogen-bond acceptors (Lipinski definition) is 2. The lowest BCUT2D eigenvalue weighted by atomic mass is 9.95. The number of halogens is 1. The summed E-state index contributed by atoms with van der Waals surface area (Å²) in [6, 6.07) is 0.0969. The number of nitrogens with zero attached hydrogens (tertiary/aromatic N) is 1. The van der Waals surface area contributed by atoms with E-state index in [1.807, 2.05) is 0 Å². The first-order chi connectivity index (χ1) is 5.82. The standard InChI is InChI=1S/C9H16FNO/c10-6-8-2-4-9(7-12)3-1-5-11(8)9/h8,12H,1-7H2/t8-,9+/m1/s1.